The predicted molar refractivity (Wildman–Crippen MR) is 115 cm³/mol. The van der Waals surface area contributed by atoms with Gasteiger partial charge in [0.1, 0.15) is 6.54 Å². The van der Waals surface area contributed by atoms with Crippen molar-refractivity contribution in [2.75, 3.05) is 13.2 Å². The van der Waals surface area contributed by atoms with E-state index in [1.54, 1.807) is 18.2 Å². The van der Waals surface area contributed by atoms with E-state index in [0.717, 1.165) is 0 Å². The third-order valence-electron chi connectivity index (χ3n) is 4.19. The summed E-state index contributed by atoms with van der Waals surface area (Å²) in [6.45, 7) is -1.60. The van der Waals surface area contributed by atoms with E-state index in [4.69, 9.17) is 51.1 Å². The van der Waals surface area contributed by atoms with Crippen LogP contribution in [0.2, 0.25) is 20.1 Å². The van der Waals surface area contributed by atoms with Gasteiger partial charge in [0.15, 0.2) is 6.61 Å². The van der Waals surface area contributed by atoms with E-state index in [0.29, 0.717) is 10.5 Å². The molecule has 0 saturated carbocycles. The molecule has 0 aromatic heterocycles. The van der Waals surface area contributed by atoms with Crippen molar-refractivity contribution in [2.45, 2.75) is 0 Å². The van der Waals surface area contributed by atoms with Crippen molar-refractivity contribution in [1.29, 1.82) is 0 Å². The molecule has 166 valence electrons. The molecule has 0 unspecified atom stereocenters. The molecule has 32 heavy (non-hydrogen) atoms. The van der Waals surface area contributed by atoms with Gasteiger partial charge in [-0.2, -0.15) is 0 Å². The summed E-state index contributed by atoms with van der Waals surface area (Å²) in [6.07, 6.45) is 0. The molecule has 0 radical (unpaired) electrons. The molecule has 3 rings (SSSR count). The van der Waals surface area contributed by atoms with Gasteiger partial charge < -0.3 is 4.74 Å². The van der Waals surface area contributed by atoms with Crippen LogP contribution in [-0.4, -0.2) is 47.6 Å². The van der Waals surface area contributed by atoms with Gasteiger partial charge >= 0.3 is 5.97 Å². The van der Waals surface area contributed by atoms with E-state index in [-0.39, 0.29) is 31.2 Å². The number of halogens is 4. The summed E-state index contributed by atoms with van der Waals surface area (Å²) in [5, 5.41) is -0.980. The minimum Gasteiger partial charge on any atom is -0.454 e. The smallest absolute Gasteiger partial charge is 0.326 e. The fourth-order valence-corrected chi connectivity index (χ4v) is 3.70. The summed E-state index contributed by atoms with van der Waals surface area (Å²) in [5.41, 5.74) is 3.93. The summed E-state index contributed by atoms with van der Waals surface area (Å²) in [6, 6.07) is 8.05. The van der Waals surface area contributed by atoms with Gasteiger partial charge in [-0.3, -0.25) is 39.7 Å². The monoisotopic (exact) mass is 517 g/mol. The highest BCUT2D eigenvalue weighted by molar-refractivity contribution is 6.55. The summed E-state index contributed by atoms with van der Waals surface area (Å²) in [7, 11) is 0. The van der Waals surface area contributed by atoms with Crippen molar-refractivity contribution in [3.8, 4) is 0 Å². The largest absolute Gasteiger partial charge is 0.454 e. The lowest BCUT2D eigenvalue weighted by Gasteiger charge is -2.13. The number of hydrogen-bond acceptors (Lipinski definition) is 6. The highest BCUT2D eigenvalue weighted by Gasteiger charge is 2.42. The molecule has 0 atom stereocenters. The minimum atomic E-state index is -1.08. The first-order valence-corrected chi connectivity index (χ1v) is 10.2. The number of ether oxygens (including phenoxy) is 1. The van der Waals surface area contributed by atoms with Gasteiger partial charge in [-0.05, 0) is 12.1 Å². The molecule has 0 spiro atoms. The van der Waals surface area contributed by atoms with Crippen molar-refractivity contribution in [3.63, 3.8) is 0 Å². The molecule has 13 heteroatoms. The van der Waals surface area contributed by atoms with Gasteiger partial charge in [0, 0.05) is 5.56 Å². The molecule has 9 nitrogen and oxygen atoms in total. The number of imide groups is 1. The second-order valence-electron chi connectivity index (χ2n) is 6.23. The molecule has 2 aromatic carbocycles. The fourth-order valence-electron chi connectivity index (χ4n) is 2.68. The Bertz CT molecular complexity index is 1110. The molecule has 2 aromatic rings. The van der Waals surface area contributed by atoms with E-state index < -0.39 is 42.7 Å². The van der Waals surface area contributed by atoms with Crippen LogP contribution >= 0.6 is 46.4 Å². The Labute approximate surface area is 200 Å². The van der Waals surface area contributed by atoms with E-state index in [2.05, 4.69) is 10.9 Å². The summed E-state index contributed by atoms with van der Waals surface area (Å²) >= 11 is 23.8. The Morgan fingerprint density at radius 1 is 0.812 bits per heavy atom. The highest BCUT2D eigenvalue weighted by Crippen LogP contribution is 2.44. The van der Waals surface area contributed by atoms with Gasteiger partial charge in [0.25, 0.3) is 23.6 Å². The van der Waals surface area contributed by atoms with E-state index >= 15 is 0 Å². The lowest BCUT2D eigenvalue weighted by molar-refractivity contribution is -0.148. The number of hydrazine groups is 1. The molecule has 1 aliphatic heterocycles. The number of benzene rings is 2. The maximum Gasteiger partial charge on any atom is 0.326 e. The maximum absolute atomic E-state index is 12.6. The standard InChI is InChI=1S/C19H11Cl4N3O6/c20-13-11-12(14(21)16(23)15(13)22)19(31)26(18(11)30)6-10(28)32-7-9(27)24-25-17(29)8-4-2-1-3-5-8/h1-5H,6-7H2,(H,24,27)(H,25,29). The molecule has 2 N–H and O–H groups in total. The number of nitrogens with zero attached hydrogens (tertiary/aromatic N) is 1. The second kappa shape index (κ2) is 9.74. The SMILES string of the molecule is O=C(COC(=O)CN1C(=O)c2c(Cl)c(Cl)c(Cl)c(Cl)c2C1=O)NNC(=O)c1ccccc1. The minimum absolute atomic E-state index is 0.211. The first-order valence-electron chi connectivity index (χ1n) is 8.65. The van der Waals surface area contributed by atoms with Gasteiger partial charge in [-0.25, -0.2) is 0 Å². The van der Waals surface area contributed by atoms with Crippen molar-refractivity contribution < 1.29 is 28.7 Å². The second-order valence-corrected chi connectivity index (χ2v) is 7.74. The molecule has 1 aliphatic rings. The van der Waals surface area contributed by atoms with Crippen molar-refractivity contribution in [2.24, 2.45) is 0 Å². The average Bonchev–Trinajstić information content (AvgIpc) is 3.03. The third-order valence-corrected chi connectivity index (χ3v) is 5.99. The van der Waals surface area contributed by atoms with Crippen LogP contribution in [-0.2, 0) is 14.3 Å². The van der Waals surface area contributed by atoms with Crippen LogP contribution in [0.5, 0.6) is 0 Å². The van der Waals surface area contributed by atoms with Gasteiger partial charge in [-0.15, -0.1) is 0 Å². The van der Waals surface area contributed by atoms with Crippen molar-refractivity contribution >= 4 is 76.0 Å². The lowest BCUT2D eigenvalue weighted by atomic mass is 10.1. The zero-order valence-electron chi connectivity index (χ0n) is 15.7. The lowest BCUT2D eigenvalue weighted by Crippen LogP contribution is -2.44. The van der Waals surface area contributed by atoms with Crippen LogP contribution in [0.3, 0.4) is 0 Å². The molecular weight excluding hydrogens is 508 g/mol. The molecule has 0 fully saturated rings. The zero-order valence-corrected chi connectivity index (χ0v) is 18.7. The predicted octanol–water partition coefficient (Wildman–Crippen LogP) is 2.90. The highest BCUT2D eigenvalue weighted by atomic mass is 35.5. The molecule has 0 aliphatic carbocycles. The van der Waals surface area contributed by atoms with Crippen LogP contribution in [0.1, 0.15) is 31.1 Å². The Kier molecular flexibility index (Phi) is 7.25. The van der Waals surface area contributed by atoms with Crippen LogP contribution in [0, 0.1) is 0 Å². The molecule has 4 amide bonds. The quantitative estimate of drug-likeness (QED) is 0.206. The Morgan fingerprint density at radius 3 is 1.88 bits per heavy atom. The summed E-state index contributed by atoms with van der Waals surface area (Å²) in [5.74, 6) is -4.36. The van der Waals surface area contributed by atoms with Crippen LogP contribution < -0.4 is 10.9 Å². The van der Waals surface area contributed by atoms with Crippen LogP contribution in [0.15, 0.2) is 30.3 Å². The molecule has 0 bridgehead atoms. The average molecular weight is 519 g/mol. The van der Waals surface area contributed by atoms with Gasteiger partial charge in [0.2, 0.25) is 0 Å². The normalized spacial score (nSPS) is 12.4. The van der Waals surface area contributed by atoms with Crippen LogP contribution in [0.4, 0.5) is 0 Å². The Hall–Kier alpha value is -2.85. The number of amides is 4. The van der Waals surface area contributed by atoms with E-state index in [1.807, 2.05) is 0 Å². The number of fused-ring (bicyclic) bond motifs is 1. The number of carbonyl (C=O) groups is 5. The Balaban J connectivity index is 1.56. The number of hydrogen-bond donors (Lipinski definition) is 2. The first-order chi connectivity index (χ1) is 15.1. The van der Waals surface area contributed by atoms with Crippen molar-refractivity contribution in [3.05, 3.63) is 67.1 Å². The number of esters is 1. The Morgan fingerprint density at radius 2 is 1.34 bits per heavy atom. The van der Waals surface area contributed by atoms with Gasteiger partial charge in [-0.1, -0.05) is 64.6 Å². The van der Waals surface area contributed by atoms with Gasteiger partial charge in [0.05, 0.1) is 31.2 Å². The van der Waals surface area contributed by atoms with E-state index in [9.17, 15) is 24.0 Å². The number of carbonyl (C=O) groups excluding carboxylic acids is 5. The summed E-state index contributed by atoms with van der Waals surface area (Å²) in [4.78, 5) is 61.3. The zero-order chi connectivity index (χ0) is 23.6. The number of nitrogens with one attached hydrogen (secondary N) is 2. The maximum atomic E-state index is 12.6. The molecule has 1 heterocycles. The summed E-state index contributed by atoms with van der Waals surface area (Å²) < 4.78 is 4.74. The van der Waals surface area contributed by atoms with E-state index in [1.165, 1.54) is 12.1 Å². The van der Waals surface area contributed by atoms with Crippen molar-refractivity contribution in [1.82, 2.24) is 15.8 Å². The van der Waals surface area contributed by atoms with Crippen LogP contribution in [0.25, 0.3) is 0 Å². The third kappa shape index (κ3) is 4.66. The fraction of sp³-hybridized carbons (Fsp3) is 0.105. The topological polar surface area (TPSA) is 122 Å². The molecular formula is C19H11Cl4N3O6. The number of rotatable bonds is 5. The molecule has 0 saturated heterocycles. The first kappa shape index (κ1) is 23.8.